The number of nitrogens with two attached hydrogens (primary N) is 1. The molecule has 2 N–H and O–H groups in total. The molecule has 0 aromatic rings. The molecule has 1 saturated heterocycles. The normalized spacial score (nSPS) is 22.9. The van der Waals surface area contributed by atoms with Gasteiger partial charge in [0, 0.05) is 5.41 Å². The van der Waals surface area contributed by atoms with E-state index in [4.69, 9.17) is 15.2 Å². The molecule has 0 radical (unpaired) electrons. The van der Waals surface area contributed by atoms with Crippen molar-refractivity contribution < 1.29 is 9.47 Å². The predicted molar refractivity (Wildman–Crippen MR) is 43.1 cm³/mol. The van der Waals surface area contributed by atoms with Crippen LogP contribution in [0.2, 0.25) is 0 Å². The van der Waals surface area contributed by atoms with Crippen LogP contribution in [-0.2, 0) is 9.47 Å². The number of ether oxygens (including phenoxy) is 2. The SMILES string of the molecule is CC1(COC(C)(C)N)COC1. The van der Waals surface area contributed by atoms with Crippen LogP contribution in [0.3, 0.4) is 0 Å². The summed E-state index contributed by atoms with van der Waals surface area (Å²) in [4.78, 5) is 0. The van der Waals surface area contributed by atoms with Crippen molar-refractivity contribution in [1.82, 2.24) is 0 Å². The third-order valence-electron chi connectivity index (χ3n) is 1.69. The minimum absolute atomic E-state index is 0.205. The summed E-state index contributed by atoms with van der Waals surface area (Å²) in [5.74, 6) is 0. The van der Waals surface area contributed by atoms with Crippen molar-refractivity contribution in [3.05, 3.63) is 0 Å². The fraction of sp³-hybridized carbons (Fsp3) is 1.00. The van der Waals surface area contributed by atoms with Gasteiger partial charge < -0.3 is 15.2 Å². The zero-order valence-corrected chi connectivity index (χ0v) is 7.52. The summed E-state index contributed by atoms with van der Waals surface area (Å²) in [5, 5.41) is 0. The van der Waals surface area contributed by atoms with Gasteiger partial charge in [0.25, 0.3) is 0 Å². The molecular formula is C8H17NO2. The van der Waals surface area contributed by atoms with Crippen LogP contribution >= 0.6 is 0 Å². The standard InChI is InChI=1S/C8H17NO2/c1-7(2,9)11-6-8(3)4-10-5-8/h4-6,9H2,1-3H3. The third-order valence-corrected chi connectivity index (χ3v) is 1.69. The van der Waals surface area contributed by atoms with E-state index < -0.39 is 5.72 Å². The Morgan fingerprint density at radius 2 is 2.09 bits per heavy atom. The van der Waals surface area contributed by atoms with E-state index in [1.165, 1.54) is 0 Å². The van der Waals surface area contributed by atoms with Gasteiger partial charge in [-0.25, -0.2) is 0 Å². The summed E-state index contributed by atoms with van der Waals surface area (Å²) in [6.07, 6.45) is 0. The summed E-state index contributed by atoms with van der Waals surface area (Å²) in [7, 11) is 0. The van der Waals surface area contributed by atoms with Gasteiger partial charge in [-0.3, -0.25) is 0 Å². The summed E-state index contributed by atoms with van der Waals surface area (Å²) in [6.45, 7) is 8.14. The molecule has 0 amide bonds. The molecule has 0 aliphatic carbocycles. The highest BCUT2D eigenvalue weighted by molar-refractivity contribution is 4.81. The van der Waals surface area contributed by atoms with E-state index >= 15 is 0 Å². The topological polar surface area (TPSA) is 44.5 Å². The fourth-order valence-electron chi connectivity index (χ4n) is 0.894. The molecule has 3 heteroatoms. The lowest BCUT2D eigenvalue weighted by atomic mass is 9.90. The van der Waals surface area contributed by atoms with E-state index in [0.29, 0.717) is 6.61 Å². The van der Waals surface area contributed by atoms with E-state index in [-0.39, 0.29) is 5.41 Å². The molecule has 0 spiro atoms. The average molecular weight is 159 g/mol. The second-order valence-corrected chi connectivity index (χ2v) is 4.20. The molecule has 1 fully saturated rings. The smallest absolute Gasteiger partial charge is 0.111 e. The quantitative estimate of drug-likeness (QED) is 0.617. The Labute approximate surface area is 67.9 Å². The van der Waals surface area contributed by atoms with Gasteiger partial charge in [-0.2, -0.15) is 0 Å². The Morgan fingerprint density at radius 1 is 1.55 bits per heavy atom. The molecule has 66 valence electrons. The maximum atomic E-state index is 5.66. The molecule has 1 rings (SSSR count). The zero-order valence-electron chi connectivity index (χ0n) is 7.52. The predicted octanol–water partition coefficient (Wildman–Crippen LogP) is 0.734. The molecule has 0 bridgehead atoms. The van der Waals surface area contributed by atoms with E-state index in [0.717, 1.165) is 13.2 Å². The first-order valence-corrected chi connectivity index (χ1v) is 3.92. The molecule has 0 saturated carbocycles. The van der Waals surface area contributed by atoms with E-state index in [2.05, 4.69) is 6.92 Å². The summed E-state index contributed by atoms with van der Waals surface area (Å²) < 4.78 is 10.5. The second-order valence-electron chi connectivity index (χ2n) is 4.20. The fourth-order valence-corrected chi connectivity index (χ4v) is 0.894. The van der Waals surface area contributed by atoms with Crippen LogP contribution in [-0.4, -0.2) is 25.5 Å². The largest absolute Gasteiger partial charge is 0.380 e. The molecule has 1 aliphatic rings. The van der Waals surface area contributed by atoms with Crippen LogP contribution in [0.15, 0.2) is 0 Å². The van der Waals surface area contributed by atoms with Crippen molar-refractivity contribution in [2.24, 2.45) is 11.1 Å². The van der Waals surface area contributed by atoms with Crippen LogP contribution in [0.1, 0.15) is 20.8 Å². The molecule has 1 aliphatic heterocycles. The Balaban J connectivity index is 2.21. The van der Waals surface area contributed by atoms with Crippen LogP contribution in [0, 0.1) is 5.41 Å². The van der Waals surface area contributed by atoms with Gasteiger partial charge in [0.1, 0.15) is 5.72 Å². The second kappa shape index (κ2) is 2.73. The lowest BCUT2D eigenvalue weighted by Crippen LogP contribution is -2.47. The van der Waals surface area contributed by atoms with Crippen LogP contribution in [0.25, 0.3) is 0 Å². The third kappa shape index (κ3) is 2.77. The maximum absolute atomic E-state index is 5.66. The minimum atomic E-state index is -0.515. The first-order chi connectivity index (χ1) is 4.91. The first kappa shape index (κ1) is 8.97. The summed E-state index contributed by atoms with van der Waals surface area (Å²) >= 11 is 0. The summed E-state index contributed by atoms with van der Waals surface area (Å²) in [5.41, 5.74) is 5.35. The monoisotopic (exact) mass is 159 g/mol. The lowest BCUT2D eigenvalue weighted by molar-refractivity contribution is -0.162. The lowest BCUT2D eigenvalue weighted by Gasteiger charge is -2.39. The highest BCUT2D eigenvalue weighted by atomic mass is 16.5. The molecule has 0 unspecified atom stereocenters. The highest BCUT2D eigenvalue weighted by Gasteiger charge is 2.34. The molecule has 0 atom stereocenters. The van der Waals surface area contributed by atoms with Crippen molar-refractivity contribution >= 4 is 0 Å². The van der Waals surface area contributed by atoms with Crippen molar-refractivity contribution in [2.75, 3.05) is 19.8 Å². The van der Waals surface area contributed by atoms with Crippen molar-refractivity contribution in [3.63, 3.8) is 0 Å². The molecule has 3 nitrogen and oxygen atoms in total. The molecule has 1 heterocycles. The van der Waals surface area contributed by atoms with Gasteiger partial charge >= 0.3 is 0 Å². The van der Waals surface area contributed by atoms with Crippen LogP contribution in [0.5, 0.6) is 0 Å². The van der Waals surface area contributed by atoms with Gasteiger partial charge in [-0.05, 0) is 13.8 Å². The minimum Gasteiger partial charge on any atom is -0.380 e. The number of hydrogen-bond acceptors (Lipinski definition) is 3. The Kier molecular flexibility index (Phi) is 2.23. The number of hydrogen-bond donors (Lipinski definition) is 1. The van der Waals surface area contributed by atoms with Crippen molar-refractivity contribution in [3.8, 4) is 0 Å². The van der Waals surface area contributed by atoms with E-state index in [1.807, 2.05) is 13.8 Å². The Bertz CT molecular complexity index is 136. The number of rotatable bonds is 3. The van der Waals surface area contributed by atoms with Crippen molar-refractivity contribution in [2.45, 2.75) is 26.5 Å². The van der Waals surface area contributed by atoms with Crippen molar-refractivity contribution in [1.29, 1.82) is 0 Å². The Morgan fingerprint density at radius 3 is 2.36 bits per heavy atom. The molecular weight excluding hydrogens is 142 g/mol. The molecule has 0 aromatic carbocycles. The molecule has 11 heavy (non-hydrogen) atoms. The zero-order chi connectivity index (χ0) is 8.54. The van der Waals surface area contributed by atoms with Gasteiger partial charge in [0.15, 0.2) is 0 Å². The molecule has 0 aromatic heterocycles. The van der Waals surface area contributed by atoms with Gasteiger partial charge in [-0.1, -0.05) is 6.92 Å². The summed E-state index contributed by atoms with van der Waals surface area (Å²) in [6, 6.07) is 0. The van der Waals surface area contributed by atoms with Crippen LogP contribution in [0.4, 0.5) is 0 Å². The van der Waals surface area contributed by atoms with E-state index in [9.17, 15) is 0 Å². The Hall–Kier alpha value is -0.120. The first-order valence-electron chi connectivity index (χ1n) is 3.92. The van der Waals surface area contributed by atoms with E-state index in [1.54, 1.807) is 0 Å². The van der Waals surface area contributed by atoms with Crippen LogP contribution < -0.4 is 5.73 Å². The average Bonchev–Trinajstić information content (AvgIpc) is 1.77. The van der Waals surface area contributed by atoms with Gasteiger partial charge in [0.05, 0.1) is 19.8 Å². The highest BCUT2D eigenvalue weighted by Crippen LogP contribution is 2.27. The van der Waals surface area contributed by atoms with Gasteiger partial charge in [0.2, 0.25) is 0 Å². The maximum Gasteiger partial charge on any atom is 0.111 e. The van der Waals surface area contributed by atoms with Gasteiger partial charge in [-0.15, -0.1) is 0 Å².